The molecule has 0 bridgehead atoms. The largest absolute Gasteiger partial charge is 0.454 e. The standard InChI is InChI=1S/C16H10ClFN4O2S/c17-12-4-9(5-13-14(12)24-8-23-13)7-19-22-15(20-21-16(22)25)10-2-1-3-11(18)6-10/h1-7H,8H2,(H,21,25)/b19-7-. The van der Waals surface area contributed by atoms with Crippen LogP contribution in [0.5, 0.6) is 11.5 Å². The van der Waals surface area contributed by atoms with Crippen molar-refractivity contribution >= 4 is 30.0 Å². The minimum atomic E-state index is -0.371. The summed E-state index contributed by atoms with van der Waals surface area (Å²) in [4.78, 5) is 0. The van der Waals surface area contributed by atoms with Crippen molar-refractivity contribution in [2.45, 2.75) is 0 Å². The molecule has 1 aliphatic heterocycles. The van der Waals surface area contributed by atoms with Crippen LogP contribution in [-0.2, 0) is 0 Å². The van der Waals surface area contributed by atoms with Crippen molar-refractivity contribution < 1.29 is 13.9 Å². The number of aromatic amines is 1. The Morgan fingerprint density at radius 1 is 1.32 bits per heavy atom. The van der Waals surface area contributed by atoms with Gasteiger partial charge in [-0.3, -0.25) is 0 Å². The van der Waals surface area contributed by atoms with Crippen LogP contribution >= 0.6 is 23.8 Å². The van der Waals surface area contributed by atoms with Gasteiger partial charge in [-0.1, -0.05) is 23.7 Å². The summed E-state index contributed by atoms with van der Waals surface area (Å²) in [6.45, 7) is 0.131. The Morgan fingerprint density at radius 3 is 3.04 bits per heavy atom. The molecule has 4 rings (SSSR count). The summed E-state index contributed by atoms with van der Waals surface area (Å²) in [6, 6.07) is 9.47. The Labute approximate surface area is 151 Å². The van der Waals surface area contributed by atoms with Crippen LogP contribution in [0.4, 0.5) is 4.39 Å². The lowest BCUT2D eigenvalue weighted by molar-refractivity contribution is 0.174. The number of aromatic nitrogens is 3. The Bertz CT molecular complexity index is 1050. The van der Waals surface area contributed by atoms with Crippen LogP contribution in [0, 0.1) is 10.6 Å². The number of benzene rings is 2. The summed E-state index contributed by atoms with van der Waals surface area (Å²) in [7, 11) is 0. The molecule has 0 amide bonds. The molecule has 0 saturated carbocycles. The van der Waals surface area contributed by atoms with Crippen molar-refractivity contribution in [3.05, 3.63) is 57.6 Å². The van der Waals surface area contributed by atoms with Crippen LogP contribution in [0.1, 0.15) is 5.56 Å². The summed E-state index contributed by atoms with van der Waals surface area (Å²) < 4.78 is 25.7. The number of H-pyrrole nitrogens is 1. The molecule has 0 unspecified atom stereocenters. The highest BCUT2D eigenvalue weighted by Gasteiger charge is 2.18. The van der Waals surface area contributed by atoms with Gasteiger partial charge in [0, 0.05) is 5.56 Å². The summed E-state index contributed by atoms with van der Waals surface area (Å²) in [5, 5.41) is 11.5. The van der Waals surface area contributed by atoms with Crippen molar-refractivity contribution in [2.24, 2.45) is 5.10 Å². The molecule has 0 saturated heterocycles. The first-order valence-electron chi connectivity index (χ1n) is 7.19. The lowest BCUT2D eigenvalue weighted by atomic mass is 10.2. The van der Waals surface area contributed by atoms with Crippen LogP contribution < -0.4 is 9.47 Å². The van der Waals surface area contributed by atoms with Crippen LogP contribution in [0.3, 0.4) is 0 Å². The predicted molar refractivity (Wildman–Crippen MR) is 93.4 cm³/mol. The van der Waals surface area contributed by atoms with Crippen molar-refractivity contribution in [3.8, 4) is 22.9 Å². The third kappa shape index (κ3) is 3.01. The van der Waals surface area contributed by atoms with E-state index in [0.29, 0.717) is 33.5 Å². The second-order valence-electron chi connectivity index (χ2n) is 5.16. The number of fused-ring (bicyclic) bond motifs is 1. The predicted octanol–water partition coefficient (Wildman–Crippen LogP) is 4.01. The van der Waals surface area contributed by atoms with E-state index in [2.05, 4.69) is 15.3 Å². The van der Waals surface area contributed by atoms with Gasteiger partial charge in [-0.2, -0.15) is 14.9 Å². The molecule has 1 aliphatic rings. The number of nitrogens with one attached hydrogen (secondary N) is 1. The molecule has 2 heterocycles. The molecule has 3 aromatic rings. The minimum absolute atomic E-state index is 0.131. The fourth-order valence-corrected chi connectivity index (χ4v) is 2.85. The van der Waals surface area contributed by atoms with Gasteiger partial charge in [0.25, 0.3) is 0 Å². The number of ether oxygens (including phenoxy) is 2. The van der Waals surface area contributed by atoms with E-state index in [1.54, 1.807) is 30.5 Å². The first-order chi connectivity index (χ1) is 12.1. The second-order valence-corrected chi connectivity index (χ2v) is 5.95. The zero-order valence-corrected chi connectivity index (χ0v) is 14.1. The highest BCUT2D eigenvalue weighted by molar-refractivity contribution is 7.71. The Kier molecular flexibility index (Phi) is 3.98. The van der Waals surface area contributed by atoms with Gasteiger partial charge in [0.1, 0.15) is 5.82 Å². The Hall–Kier alpha value is -2.71. The van der Waals surface area contributed by atoms with E-state index in [-0.39, 0.29) is 17.4 Å². The SMILES string of the molecule is Fc1cccc(-c2n[nH]c(=S)n2/N=C\c2cc(Cl)c3c(c2)OCO3)c1. The lowest BCUT2D eigenvalue weighted by Crippen LogP contribution is -1.95. The Morgan fingerprint density at radius 2 is 2.20 bits per heavy atom. The van der Waals surface area contributed by atoms with Gasteiger partial charge in [-0.05, 0) is 42.0 Å². The van der Waals surface area contributed by atoms with E-state index in [9.17, 15) is 4.39 Å². The van der Waals surface area contributed by atoms with Gasteiger partial charge >= 0.3 is 0 Å². The number of hydrogen-bond donors (Lipinski definition) is 1. The van der Waals surface area contributed by atoms with Crippen LogP contribution in [0.25, 0.3) is 11.4 Å². The highest BCUT2D eigenvalue weighted by Crippen LogP contribution is 2.39. The van der Waals surface area contributed by atoms with Crippen LogP contribution in [0.2, 0.25) is 5.02 Å². The fourth-order valence-electron chi connectivity index (χ4n) is 2.40. The number of halogens is 2. The molecule has 0 aliphatic carbocycles. The lowest BCUT2D eigenvalue weighted by Gasteiger charge is -2.02. The topological polar surface area (TPSA) is 64.4 Å². The number of hydrogen-bond acceptors (Lipinski definition) is 5. The smallest absolute Gasteiger partial charge is 0.231 e. The van der Waals surface area contributed by atoms with Gasteiger partial charge in [0.05, 0.1) is 11.2 Å². The molecule has 25 heavy (non-hydrogen) atoms. The maximum absolute atomic E-state index is 13.5. The highest BCUT2D eigenvalue weighted by atomic mass is 35.5. The summed E-state index contributed by atoms with van der Waals surface area (Å²) in [6.07, 6.45) is 1.56. The normalized spacial score (nSPS) is 12.9. The van der Waals surface area contributed by atoms with Gasteiger partial charge in [-0.15, -0.1) is 0 Å². The quantitative estimate of drug-likeness (QED) is 0.554. The summed E-state index contributed by atoms with van der Waals surface area (Å²) in [5.41, 5.74) is 1.25. The number of rotatable bonds is 3. The summed E-state index contributed by atoms with van der Waals surface area (Å²) in [5.74, 6) is 1.09. The average molecular weight is 377 g/mol. The molecule has 0 radical (unpaired) electrons. The summed E-state index contributed by atoms with van der Waals surface area (Å²) >= 11 is 11.3. The molecule has 0 atom stereocenters. The molecule has 0 fully saturated rings. The second kappa shape index (κ2) is 6.30. The van der Waals surface area contributed by atoms with Crippen molar-refractivity contribution in [1.82, 2.24) is 14.9 Å². The molecule has 126 valence electrons. The van der Waals surface area contributed by atoms with Crippen molar-refractivity contribution in [2.75, 3.05) is 6.79 Å². The van der Waals surface area contributed by atoms with Crippen molar-refractivity contribution in [3.63, 3.8) is 0 Å². The fraction of sp³-hybridized carbons (Fsp3) is 0.0625. The van der Waals surface area contributed by atoms with E-state index in [4.69, 9.17) is 33.3 Å². The van der Waals surface area contributed by atoms with Gasteiger partial charge in [0.15, 0.2) is 17.3 Å². The molecule has 1 N–H and O–H groups in total. The third-order valence-electron chi connectivity index (χ3n) is 3.51. The van der Waals surface area contributed by atoms with Gasteiger partial charge in [0.2, 0.25) is 11.6 Å². The van der Waals surface area contributed by atoms with E-state index >= 15 is 0 Å². The third-order valence-corrected chi connectivity index (χ3v) is 4.05. The molecular formula is C16H10ClFN4O2S. The molecule has 0 spiro atoms. The zero-order chi connectivity index (χ0) is 17.4. The minimum Gasteiger partial charge on any atom is -0.454 e. The van der Waals surface area contributed by atoms with Crippen LogP contribution in [-0.4, -0.2) is 27.9 Å². The van der Waals surface area contributed by atoms with E-state index in [1.165, 1.54) is 16.8 Å². The van der Waals surface area contributed by atoms with E-state index < -0.39 is 0 Å². The maximum atomic E-state index is 13.5. The average Bonchev–Trinajstić information content (AvgIpc) is 3.20. The Balaban J connectivity index is 1.72. The first kappa shape index (κ1) is 15.8. The van der Waals surface area contributed by atoms with Gasteiger partial charge in [-0.25, -0.2) is 9.49 Å². The maximum Gasteiger partial charge on any atom is 0.231 e. The molecule has 6 nitrogen and oxygen atoms in total. The van der Waals surface area contributed by atoms with E-state index in [0.717, 1.165) is 0 Å². The monoisotopic (exact) mass is 376 g/mol. The first-order valence-corrected chi connectivity index (χ1v) is 7.97. The van der Waals surface area contributed by atoms with Gasteiger partial charge < -0.3 is 9.47 Å². The molecule has 2 aromatic carbocycles. The zero-order valence-electron chi connectivity index (χ0n) is 12.6. The number of nitrogens with zero attached hydrogens (tertiary/aromatic N) is 3. The van der Waals surface area contributed by atoms with E-state index in [1.807, 2.05) is 0 Å². The van der Waals surface area contributed by atoms with Crippen molar-refractivity contribution in [1.29, 1.82) is 0 Å². The molecule has 1 aromatic heterocycles. The van der Waals surface area contributed by atoms with Crippen LogP contribution in [0.15, 0.2) is 41.5 Å². The molecule has 9 heteroatoms. The molecular weight excluding hydrogens is 367 g/mol.